The largest absolute Gasteiger partial charge is 0.481 e. The minimum Gasteiger partial charge on any atom is -0.481 e. The number of aliphatic hydroxyl groups is 1. The molecule has 1 atom stereocenters. The van der Waals surface area contributed by atoms with Gasteiger partial charge >= 0.3 is 5.97 Å². The van der Waals surface area contributed by atoms with Gasteiger partial charge in [-0.1, -0.05) is 69.1 Å². The van der Waals surface area contributed by atoms with E-state index in [1.54, 1.807) is 0 Å². The number of carboxylic acids is 1. The van der Waals surface area contributed by atoms with Crippen LogP contribution >= 0.6 is 0 Å². The van der Waals surface area contributed by atoms with Gasteiger partial charge in [-0.3, -0.25) is 4.79 Å². The van der Waals surface area contributed by atoms with E-state index in [9.17, 15) is 9.90 Å². The highest BCUT2D eigenvalue weighted by molar-refractivity contribution is 5.66. The molecule has 0 rings (SSSR count). The number of allylic oxidation sites excluding steroid dienone is 5. The first kappa shape index (κ1) is 19.7. The molecule has 0 bridgehead atoms. The lowest BCUT2D eigenvalue weighted by Crippen LogP contribution is -2.01. The second-order valence-electron chi connectivity index (χ2n) is 5.20. The molecule has 1 unspecified atom stereocenters. The zero-order valence-corrected chi connectivity index (χ0v) is 13.2. The summed E-state index contributed by atoms with van der Waals surface area (Å²) < 4.78 is 0. The second kappa shape index (κ2) is 15.0. The predicted molar refractivity (Wildman–Crippen MR) is 88.3 cm³/mol. The number of rotatable bonds is 13. The highest BCUT2D eigenvalue weighted by Gasteiger charge is 1.99. The lowest BCUT2D eigenvalue weighted by molar-refractivity contribution is -0.137. The third kappa shape index (κ3) is 16.6. The SMILES string of the molecule is CC/C=C\C/C=C\C=C\C(O)CCCCCCC[14C](=O)O. The number of hydrogen-bond donors (Lipinski definition) is 2. The Morgan fingerprint density at radius 1 is 1.00 bits per heavy atom. The maximum atomic E-state index is 10.3. The Morgan fingerprint density at radius 3 is 2.43 bits per heavy atom. The van der Waals surface area contributed by atoms with Crippen molar-refractivity contribution in [3.63, 3.8) is 0 Å². The molecule has 0 heterocycles. The van der Waals surface area contributed by atoms with Crippen molar-refractivity contribution in [3.8, 4) is 0 Å². The van der Waals surface area contributed by atoms with Crippen molar-refractivity contribution < 1.29 is 15.0 Å². The highest BCUT2D eigenvalue weighted by Crippen LogP contribution is 2.09. The van der Waals surface area contributed by atoms with E-state index in [0.717, 1.165) is 51.4 Å². The number of unbranched alkanes of at least 4 members (excludes halogenated alkanes) is 4. The lowest BCUT2D eigenvalue weighted by atomic mass is 10.1. The van der Waals surface area contributed by atoms with Gasteiger partial charge in [0.15, 0.2) is 0 Å². The van der Waals surface area contributed by atoms with Crippen LogP contribution in [0.1, 0.15) is 64.7 Å². The quantitative estimate of drug-likeness (QED) is 0.296. The first-order valence-corrected chi connectivity index (χ1v) is 8.05. The van der Waals surface area contributed by atoms with Crippen molar-refractivity contribution in [2.45, 2.75) is 70.8 Å². The minimum atomic E-state index is -0.714. The van der Waals surface area contributed by atoms with Crippen molar-refractivity contribution in [1.82, 2.24) is 0 Å². The molecule has 0 saturated carbocycles. The van der Waals surface area contributed by atoms with E-state index in [-0.39, 0.29) is 12.5 Å². The Morgan fingerprint density at radius 2 is 1.71 bits per heavy atom. The Bertz CT molecular complexity index is 329. The van der Waals surface area contributed by atoms with E-state index in [1.807, 2.05) is 18.2 Å². The number of aliphatic carboxylic acids is 1. The molecule has 0 fully saturated rings. The van der Waals surface area contributed by atoms with Crippen molar-refractivity contribution in [2.24, 2.45) is 0 Å². The van der Waals surface area contributed by atoms with Crippen LogP contribution in [0.15, 0.2) is 36.5 Å². The maximum absolute atomic E-state index is 10.3. The van der Waals surface area contributed by atoms with Gasteiger partial charge in [0.2, 0.25) is 0 Å². The predicted octanol–water partition coefficient (Wildman–Crippen LogP) is 4.63. The monoisotopic (exact) mass is 296 g/mol. The van der Waals surface area contributed by atoms with Gasteiger partial charge in [-0.2, -0.15) is 0 Å². The zero-order valence-electron chi connectivity index (χ0n) is 13.2. The third-order valence-electron chi connectivity index (χ3n) is 3.15. The second-order valence-corrected chi connectivity index (χ2v) is 5.20. The van der Waals surface area contributed by atoms with Crippen LogP contribution in [-0.2, 0) is 4.79 Å². The van der Waals surface area contributed by atoms with Gasteiger partial charge in [-0.25, -0.2) is 0 Å². The zero-order chi connectivity index (χ0) is 15.8. The molecule has 0 aliphatic heterocycles. The van der Waals surface area contributed by atoms with E-state index >= 15 is 0 Å². The van der Waals surface area contributed by atoms with E-state index in [1.165, 1.54) is 0 Å². The summed E-state index contributed by atoms with van der Waals surface area (Å²) in [6.45, 7) is 2.11. The van der Waals surface area contributed by atoms with E-state index < -0.39 is 5.97 Å². The molecule has 0 aromatic carbocycles. The summed E-state index contributed by atoms with van der Waals surface area (Å²) in [6.07, 6.45) is 19.5. The number of aliphatic hydroxyl groups excluding tert-OH is 1. The molecule has 0 spiro atoms. The Labute approximate surface area is 129 Å². The molecular weight excluding hydrogens is 266 g/mol. The molecule has 0 radical (unpaired) electrons. The van der Waals surface area contributed by atoms with Crippen LogP contribution in [0, 0.1) is 0 Å². The first-order chi connectivity index (χ1) is 10.2. The van der Waals surface area contributed by atoms with Gasteiger partial charge in [0.05, 0.1) is 6.10 Å². The topological polar surface area (TPSA) is 57.5 Å². The van der Waals surface area contributed by atoms with Crippen LogP contribution in [0.3, 0.4) is 0 Å². The van der Waals surface area contributed by atoms with E-state index in [0.29, 0.717) is 0 Å². The van der Waals surface area contributed by atoms with Gasteiger partial charge in [0, 0.05) is 6.42 Å². The summed E-state index contributed by atoms with van der Waals surface area (Å²) in [5, 5.41) is 18.3. The van der Waals surface area contributed by atoms with Crippen molar-refractivity contribution in [1.29, 1.82) is 0 Å². The molecular formula is C18H30O3. The van der Waals surface area contributed by atoms with Crippen LogP contribution in [-0.4, -0.2) is 22.3 Å². The number of carbonyl (C=O) groups is 1. The lowest BCUT2D eigenvalue weighted by Gasteiger charge is -2.04. The summed E-state index contributed by atoms with van der Waals surface area (Å²) in [6, 6.07) is 0. The van der Waals surface area contributed by atoms with Crippen LogP contribution in [0.5, 0.6) is 0 Å². The molecule has 3 nitrogen and oxygen atoms in total. The smallest absolute Gasteiger partial charge is 0.303 e. The van der Waals surface area contributed by atoms with Crippen molar-refractivity contribution in [2.75, 3.05) is 0 Å². The van der Waals surface area contributed by atoms with Crippen LogP contribution < -0.4 is 0 Å². The summed E-state index contributed by atoms with van der Waals surface area (Å²) in [5.41, 5.74) is 0. The molecule has 0 aromatic rings. The normalized spacial score (nSPS) is 13.6. The van der Waals surface area contributed by atoms with Gasteiger partial charge in [0.1, 0.15) is 0 Å². The average molecular weight is 296 g/mol. The average Bonchev–Trinajstić information content (AvgIpc) is 2.45. The van der Waals surface area contributed by atoms with Crippen molar-refractivity contribution >= 4 is 5.97 Å². The summed E-state index contributed by atoms with van der Waals surface area (Å²) in [7, 11) is 0. The molecule has 0 amide bonds. The highest BCUT2D eigenvalue weighted by atomic mass is 16.6. The fraction of sp³-hybridized carbons (Fsp3) is 0.611. The standard InChI is InChI=1S/C18H30O3/c1-2-3-4-5-6-8-11-14-17(19)15-12-9-7-10-13-16-18(20)21/h3-4,6,8,11,14,17,19H,2,5,7,9-10,12-13,15-16H2,1H3,(H,20,21)/b4-3-,8-6-,14-11+/i18+2. The van der Waals surface area contributed by atoms with Crippen molar-refractivity contribution in [3.05, 3.63) is 36.5 Å². The molecule has 21 heavy (non-hydrogen) atoms. The van der Waals surface area contributed by atoms with Gasteiger partial charge in [0.25, 0.3) is 0 Å². The summed E-state index contributed by atoms with van der Waals surface area (Å²) in [4.78, 5) is 10.3. The molecule has 0 saturated heterocycles. The van der Waals surface area contributed by atoms with Crippen LogP contribution in [0.4, 0.5) is 0 Å². The molecule has 2 N–H and O–H groups in total. The van der Waals surface area contributed by atoms with E-state index in [4.69, 9.17) is 5.11 Å². The maximum Gasteiger partial charge on any atom is 0.303 e. The molecule has 0 aliphatic rings. The molecule has 0 aromatic heterocycles. The fourth-order valence-corrected chi connectivity index (χ4v) is 1.95. The Kier molecular flexibility index (Phi) is 14.1. The van der Waals surface area contributed by atoms with Gasteiger partial charge in [-0.05, 0) is 25.7 Å². The minimum absolute atomic E-state index is 0.269. The van der Waals surface area contributed by atoms with Gasteiger partial charge < -0.3 is 10.2 Å². The van der Waals surface area contributed by atoms with Gasteiger partial charge in [-0.15, -0.1) is 0 Å². The summed E-state index contributed by atoms with van der Waals surface area (Å²) in [5.74, 6) is -0.714. The Hall–Kier alpha value is -1.35. The molecule has 3 heteroatoms. The molecule has 120 valence electrons. The summed E-state index contributed by atoms with van der Waals surface area (Å²) >= 11 is 0. The first-order valence-electron chi connectivity index (χ1n) is 8.05. The van der Waals surface area contributed by atoms with Crippen LogP contribution in [0.25, 0.3) is 0 Å². The molecule has 0 aliphatic carbocycles. The fourth-order valence-electron chi connectivity index (χ4n) is 1.95. The van der Waals surface area contributed by atoms with E-state index in [2.05, 4.69) is 25.2 Å². The van der Waals surface area contributed by atoms with Crippen LogP contribution in [0.2, 0.25) is 0 Å². The number of hydrogen-bond acceptors (Lipinski definition) is 2. The Balaban J connectivity index is 3.46. The third-order valence-corrected chi connectivity index (χ3v) is 3.15. The number of carboxylic acid groups (broad SMARTS) is 1.